The van der Waals surface area contributed by atoms with Crippen molar-refractivity contribution < 1.29 is 13.2 Å². The van der Waals surface area contributed by atoms with Crippen LogP contribution < -0.4 is 4.72 Å². The molecule has 0 atom stereocenters. The number of benzene rings is 1. The number of ketones is 1. The summed E-state index contributed by atoms with van der Waals surface area (Å²) in [4.78, 5) is 11.4. The van der Waals surface area contributed by atoms with Gasteiger partial charge in [-0.25, -0.2) is 13.1 Å². The first-order valence-corrected chi connectivity index (χ1v) is 8.52. The molecule has 20 heavy (non-hydrogen) atoms. The van der Waals surface area contributed by atoms with Crippen LogP contribution in [0.3, 0.4) is 0 Å². The minimum atomic E-state index is -3.51. The number of sulfonamides is 1. The van der Waals surface area contributed by atoms with Crippen molar-refractivity contribution >= 4 is 15.8 Å². The first-order chi connectivity index (χ1) is 9.40. The van der Waals surface area contributed by atoms with Gasteiger partial charge in [0.2, 0.25) is 10.0 Å². The van der Waals surface area contributed by atoms with E-state index in [-0.39, 0.29) is 16.7 Å². The van der Waals surface area contributed by atoms with Gasteiger partial charge in [0.1, 0.15) is 0 Å². The highest BCUT2D eigenvalue weighted by molar-refractivity contribution is 7.89. The fourth-order valence-electron chi connectivity index (χ4n) is 2.12. The van der Waals surface area contributed by atoms with E-state index in [9.17, 15) is 13.2 Å². The fraction of sp³-hybridized carbons (Fsp3) is 0.533. The standard InChI is InChI=1S/C15H23NO3S/c1-4-6-14(7-5-2)16-20(18,19)15-10-8-13(9-11-15)12(3)17/h8-11,14,16H,4-7H2,1-3H3. The smallest absolute Gasteiger partial charge is 0.240 e. The Morgan fingerprint density at radius 2 is 1.60 bits per heavy atom. The number of hydrogen-bond donors (Lipinski definition) is 1. The maximum absolute atomic E-state index is 12.3. The molecular weight excluding hydrogens is 274 g/mol. The van der Waals surface area contributed by atoms with E-state index in [4.69, 9.17) is 0 Å². The van der Waals surface area contributed by atoms with Crippen LogP contribution in [0.25, 0.3) is 0 Å². The second-order valence-corrected chi connectivity index (χ2v) is 6.69. The molecule has 4 nitrogen and oxygen atoms in total. The number of hydrogen-bond acceptors (Lipinski definition) is 3. The van der Waals surface area contributed by atoms with Crippen LogP contribution in [0.4, 0.5) is 0 Å². The Balaban J connectivity index is 2.89. The molecule has 0 bridgehead atoms. The highest BCUT2D eigenvalue weighted by Gasteiger charge is 2.19. The summed E-state index contributed by atoms with van der Waals surface area (Å²) >= 11 is 0. The van der Waals surface area contributed by atoms with Gasteiger partial charge in [-0.2, -0.15) is 0 Å². The second kappa shape index (κ2) is 7.55. The molecule has 1 aromatic carbocycles. The van der Waals surface area contributed by atoms with Gasteiger partial charge in [0.25, 0.3) is 0 Å². The number of nitrogens with one attached hydrogen (secondary N) is 1. The Bertz CT molecular complexity index is 529. The Morgan fingerprint density at radius 1 is 1.10 bits per heavy atom. The Morgan fingerprint density at radius 3 is 2.00 bits per heavy atom. The Kier molecular flexibility index (Phi) is 6.36. The number of Topliss-reactive ketones (excluding diaryl/α,β-unsaturated/α-hetero) is 1. The Hall–Kier alpha value is -1.20. The summed E-state index contributed by atoms with van der Waals surface area (Å²) in [6, 6.07) is 6.03. The summed E-state index contributed by atoms with van der Waals surface area (Å²) in [5.74, 6) is -0.0725. The minimum Gasteiger partial charge on any atom is -0.295 e. The van der Waals surface area contributed by atoms with Crippen molar-refractivity contribution in [3.05, 3.63) is 29.8 Å². The van der Waals surface area contributed by atoms with Crippen molar-refractivity contribution in [3.8, 4) is 0 Å². The van der Waals surface area contributed by atoms with Gasteiger partial charge in [-0.05, 0) is 31.9 Å². The second-order valence-electron chi connectivity index (χ2n) is 4.98. The molecule has 112 valence electrons. The molecule has 0 spiro atoms. The summed E-state index contributed by atoms with van der Waals surface area (Å²) < 4.78 is 27.3. The topological polar surface area (TPSA) is 63.2 Å². The lowest BCUT2D eigenvalue weighted by Gasteiger charge is -2.17. The largest absolute Gasteiger partial charge is 0.295 e. The molecular formula is C15H23NO3S. The Labute approximate surface area is 121 Å². The number of rotatable bonds is 8. The van der Waals surface area contributed by atoms with Crippen LogP contribution in [0.1, 0.15) is 56.8 Å². The molecule has 0 fully saturated rings. The van der Waals surface area contributed by atoms with E-state index < -0.39 is 10.0 Å². The third kappa shape index (κ3) is 4.72. The number of carbonyl (C=O) groups excluding carboxylic acids is 1. The monoisotopic (exact) mass is 297 g/mol. The highest BCUT2D eigenvalue weighted by atomic mass is 32.2. The van der Waals surface area contributed by atoms with Crippen molar-refractivity contribution in [2.75, 3.05) is 0 Å². The molecule has 0 aliphatic heterocycles. The lowest BCUT2D eigenvalue weighted by Crippen LogP contribution is -2.34. The van der Waals surface area contributed by atoms with Gasteiger partial charge in [0.15, 0.2) is 5.78 Å². The highest BCUT2D eigenvalue weighted by Crippen LogP contribution is 2.14. The van der Waals surface area contributed by atoms with Crippen LogP contribution in [0.15, 0.2) is 29.2 Å². The summed E-state index contributed by atoms with van der Waals surface area (Å²) in [6.45, 7) is 5.54. The van der Waals surface area contributed by atoms with E-state index in [1.54, 1.807) is 12.1 Å². The molecule has 0 heterocycles. The average Bonchev–Trinajstić information content (AvgIpc) is 2.39. The first kappa shape index (κ1) is 16.9. The van der Waals surface area contributed by atoms with Crippen LogP contribution in [0.5, 0.6) is 0 Å². The zero-order valence-electron chi connectivity index (χ0n) is 12.3. The molecule has 1 N–H and O–H groups in total. The van der Waals surface area contributed by atoms with E-state index in [0.29, 0.717) is 5.56 Å². The van der Waals surface area contributed by atoms with E-state index in [0.717, 1.165) is 25.7 Å². The van der Waals surface area contributed by atoms with E-state index in [2.05, 4.69) is 4.72 Å². The molecule has 0 unspecified atom stereocenters. The first-order valence-electron chi connectivity index (χ1n) is 7.04. The summed E-state index contributed by atoms with van der Waals surface area (Å²) in [6.07, 6.45) is 3.55. The van der Waals surface area contributed by atoms with E-state index >= 15 is 0 Å². The molecule has 1 rings (SSSR count). The van der Waals surface area contributed by atoms with Gasteiger partial charge in [-0.1, -0.05) is 38.8 Å². The molecule has 0 saturated heterocycles. The molecule has 1 aromatic rings. The minimum absolute atomic E-state index is 0.0255. The van der Waals surface area contributed by atoms with Crippen LogP contribution in [0.2, 0.25) is 0 Å². The summed E-state index contributed by atoms with van der Waals surface area (Å²) in [5, 5.41) is 0. The zero-order valence-corrected chi connectivity index (χ0v) is 13.2. The summed E-state index contributed by atoms with van der Waals surface area (Å²) in [7, 11) is -3.51. The van der Waals surface area contributed by atoms with Crippen molar-refractivity contribution in [3.63, 3.8) is 0 Å². The summed E-state index contributed by atoms with van der Waals surface area (Å²) in [5.41, 5.74) is 0.516. The fourth-order valence-corrected chi connectivity index (χ4v) is 3.42. The molecule has 0 saturated carbocycles. The van der Waals surface area contributed by atoms with Crippen LogP contribution in [0, 0.1) is 0 Å². The van der Waals surface area contributed by atoms with Crippen molar-refractivity contribution in [1.29, 1.82) is 0 Å². The maximum atomic E-state index is 12.3. The van der Waals surface area contributed by atoms with Gasteiger partial charge < -0.3 is 0 Å². The molecule has 0 amide bonds. The average molecular weight is 297 g/mol. The van der Waals surface area contributed by atoms with Crippen molar-refractivity contribution in [2.45, 2.75) is 57.4 Å². The van der Waals surface area contributed by atoms with Crippen LogP contribution in [-0.4, -0.2) is 20.2 Å². The predicted molar refractivity (Wildman–Crippen MR) is 80.4 cm³/mol. The van der Waals surface area contributed by atoms with Crippen LogP contribution in [-0.2, 0) is 10.0 Å². The molecule has 0 aliphatic rings. The molecule has 0 radical (unpaired) electrons. The van der Waals surface area contributed by atoms with Gasteiger partial charge in [-0.15, -0.1) is 0 Å². The van der Waals surface area contributed by atoms with E-state index in [1.165, 1.54) is 19.1 Å². The van der Waals surface area contributed by atoms with Crippen molar-refractivity contribution in [1.82, 2.24) is 4.72 Å². The predicted octanol–water partition coefficient (Wildman–Crippen LogP) is 3.14. The zero-order chi connectivity index (χ0) is 15.2. The molecule has 5 heteroatoms. The lowest BCUT2D eigenvalue weighted by molar-refractivity contribution is 0.101. The molecule has 0 aromatic heterocycles. The SMILES string of the molecule is CCCC(CCC)NS(=O)(=O)c1ccc(C(C)=O)cc1. The lowest BCUT2D eigenvalue weighted by atomic mass is 10.1. The van der Waals surface area contributed by atoms with Gasteiger partial charge in [0.05, 0.1) is 4.90 Å². The maximum Gasteiger partial charge on any atom is 0.240 e. The van der Waals surface area contributed by atoms with Gasteiger partial charge in [-0.3, -0.25) is 4.79 Å². The van der Waals surface area contributed by atoms with Crippen molar-refractivity contribution in [2.24, 2.45) is 0 Å². The van der Waals surface area contributed by atoms with Gasteiger partial charge >= 0.3 is 0 Å². The number of carbonyl (C=O) groups is 1. The third-order valence-electron chi connectivity index (χ3n) is 3.17. The van der Waals surface area contributed by atoms with Crippen LogP contribution >= 0.6 is 0 Å². The molecule has 0 aliphatic carbocycles. The normalized spacial score (nSPS) is 11.8. The van der Waals surface area contributed by atoms with E-state index in [1.807, 2.05) is 13.8 Å². The third-order valence-corrected chi connectivity index (χ3v) is 4.70. The van der Waals surface area contributed by atoms with Gasteiger partial charge in [0, 0.05) is 11.6 Å². The quantitative estimate of drug-likeness (QED) is 0.750.